The number of halogens is 1. The molecule has 0 unspecified atom stereocenters. The first-order valence-electron chi connectivity index (χ1n) is 5.94. The lowest BCUT2D eigenvalue weighted by Crippen LogP contribution is -2.04. The Kier molecular flexibility index (Phi) is 2.48. The molecule has 0 aliphatic heterocycles. The van der Waals surface area contributed by atoms with E-state index in [0.717, 1.165) is 11.3 Å². The number of aryl methyl sites for hydroxylation is 2. The molecule has 0 fully saturated rings. The Labute approximate surface area is 109 Å². The lowest BCUT2D eigenvalue weighted by Gasteiger charge is -2.08. The van der Waals surface area contributed by atoms with Gasteiger partial charge >= 0.3 is 0 Å². The van der Waals surface area contributed by atoms with E-state index in [-0.39, 0.29) is 11.8 Å². The molecule has 0 amide bonds. The third kappa shape index (κ3) is 1.83. The van der Waals surface area contributed by atoms with Crippen LogP contribution in [0.1, 0.15) is 11.3 Å². The van der Waals surface area contributed by atoms with Crippen molar-refractivity contribution in [1.29, 1.82) is 0 Å². The first-order chi connectivity index (χ1) is 9.06. The Morgan fingerprint density at radius 1 is 1.11 bits per heavy atom. The Morgan fingerprint density at radius 2 is 1.89 bits per heavy atom. The molecule has 4 nitrogen and oxygen atoms in total. The van der Waals surface area contributed by atoms with Gasteiger partial charge in [0.15, 0.2) is 5.65 Å². The number of fused-ring (bicyclic) bond motifs is 1. The SMILES string of the molecule is Cc1ccc(F)c(-n2c(N)nc3ccc(C)nc32)c1. The number of anilines is 1. The van der Waals surface area contributed by atoms with Crippen LogP contribution in [-0.2, 0) is 0 Å². The van der Waals surface area contributed by atoms with Gasteiger partial charge in [-0.05, 0) is 43.7 Å². The highest BCUT2D eigenvalue weighted by Gasteiger charge is 2.14. The van der Waals surface area contributed by atoms with Crippen LogP contribution in [-0.4, -0.2) is 14.5 Å². The summed E-state index contributed by atoms with van der Waals surface area (Å²) in [5.41, 5.74) is 9.28. The number of hydrogen-bond donors (Lipinski definition) is 1. The lowest BCUT2D eigenvalue weighted by atomic mass is 10.2. The van der Waals surface area contributed by atoms with Crippen LogP contribution in [0.15, 0.2) is 30.3 Å². The first-order valence-corrected chi connectivity index (χ1v) is 5.94. The van der Waals surface area contributed by atoms with Crippen molar-refractivity contribution in [3.63, 3.8) is 0 Å². The fourth-order valence-corrected chi connectivity index (χ4v) is 2.10. The maximum absolute atomic E-state index is 14.0. The molecule has 0 atom stereocenters. The van der Waals surface area contributed by atoms with Crippen molar-refractivity contribution in [3.8, 4) is 5.69 Å². The monoisotopic (exact) mass is 256 g/mol. The summed E-state index contributed by atoms with van der Waals surface area (Å²) in [6.45, 7) is 3.77. The molecule has 2 heterocycles. The van der Waals surface area contributed by atoms with E-state index in [2.05, 4.69) is 9.97 Å². The zero-order valence-corrected chi connectivity index (χ0v) is 10.7. The Bertz CT molecular complexity index is 776. The van der Waals surface area contributed by atoms with Crippen molar-refractivity contribution in [2.75, 3.05) is 5.73 Å². The number of nitrogens with zero attached hydrogens (tertiary/aromatic N) is 3. The molecule has 1 aromatic carbocycles. The number of pyridine rings is 1. The van der Waals surface area contributed by atoms with Crippen molar-refractivity contribution >= 4 is 17.1 Å². The van der Waals surface area contributed by atoms with Crippen molar-refractivity contribution in [2.45, 2.75) is 13.8 Å². The molecular weight excluding hydrogens is 243 g/mol. The molecule has 3 aromatic rings. The van der Waals surface area contributed by atoms with E-state index in [4.69, 9.17) is 5.73 Å². The Hall–Kier alpha value is -2.43. The quantitative estimate of drug-likeness (QED) is 0.728. The highest BCUT2D eigenvalue weighted by Crippen LogP contribution is 2.24. The van der Waals surface area contributed by atoms with Crippen LogP contribution in [0.5, 0.6) is 0 Å². The summed E-state index contributed by atoms with van der Waals surface area (Å²) >= 11 is 0. The van der Waals surface area contributed by atoms with Gasteiger partial charge in [-0.15, -0.1) is 0 Å². The fraction of sp³-hybridized carbons (Fsp3) is 0.143. The summed E-state index contributed by atoms with van der Waals surface area (Å²) in [5, 5.41) is 0. The molecule has 0 bridgehead atoms. The van der Waals surface area contributed by atoms with E-state index in [1.54, 1.807) is 16.7 Å². The molecule has 2 aromatic heterocycles. The van der Waals surface area contributed by atoms with E-state index in [1.807, 2.05) is 26.0 Å². The molecule has 0 aliphatic rings. The molecule has 2 N–H and O–H groups in total. The molecule has 5 heteroatoms. The van der Waals surface area contributed by atoms with Crippen LogP contribution >= 0.6 is 0 Å². The minimum Gasteiger partial charge on any atom is -0.369 e. The van der Waals surface area contributed by atoms with Crippen LogP contribution in [0.4, 0.5) is 10.3 Å². The van der Waals surface area contributed by atoms with Crippen LogP contribution in [0.2, 0.25) is 0 Å². The third-order valence-corrected chi connectivity index (χ3v) is 3.01. The van der Waals surface area contributed by atoms with E-state index in [0.29, 0.717) is 16.9 Å². The van der Waals surface area contributed by atoms with Gasteiger partial charge in [-0.1, -0.05) is 6.07 Å². The first kappa shape index (κ1) is 11.6. The highest BCUT2D eigenvalue weighted by atomic mass is 19.1. The predicted octanol–water partition coefficient (Wildman–Crippen LogP) is 2.76. The van der Waals surface area contributed by atoms with Crippen molar-refractivity contribution in [1.82, 2.24) is 14.5 Å². The van der Waals surface area contributed by atoms with Gasteiger partial charge in [0.2, 0.25) is 5.95 Å². The van der Waals surface area contributed by atoms with Gasteiger partial charge in [-0.25, -0.2) is 14.4 Å². The van der Waals surface area contributed by atoms with E-state index < -0.39 is 0 Å². The number of benzene rings is 1. The lowest BCUT2D eigenvalue weighted by molar-refractivity contribution is 0.619. The Balaban J connectivity index is 2.38. The second kappa shape index (κ2) is 4.05. The van der Waals surface area contributed by atoms with E-state index in [9.17, 15) is 4.39 Å². The number of hydrogen-bond acceptors (Lipinski definition) is 3. The molecule has 0 aliphatic carbocycles. The summed E-state index contributed by atoms with van der Waals surface area (Å²) in [6, 6.07) is 8.55. The van der Waals surface area contributed by atoms with Crippen LogP contribution < -0.4 is 5.73 Å². The van der Waals surface area contributed by atoms with Gasteiger partial charge in [-0.3, -0.25) is 4.57 Å². The molecule has 96 valence electrons. The van der Waals surface area contributed by atoms with Gasteiger partial charge in [0.1, 0.15) is 11.3 Å². The van der Waals surface area contributed by atoms with Crippen molar-refractivity contribution in [3.05, 3.63) is 47.4 Å². The number of nitrogen functional groups attached to an aromatic ring is 1. The zero-order valence-electron chi connectivity index (χ0n) is 10.7. The van der Waals surface area contributed by atoms with Crippen LogP contribution in [0.3, 0.4) is 0 Å². The summed E-state index contributed by atoms with van der Waals surface area (Å²) < 4.78 is 15.6. The molecule has 3 rings (SSSR count). The second-order valence-electron chi connectivity index (χ2n) is 4.56. The number of imidazole rings is 1. The van der Waals surface area contributed by atoms with Crippen molar-refractivity contribution in [2.24, 2.45) is 0 Å². The average molecular weight is 256 g/mol. The molecule has 0 spiro atoms. The third-order valence-electron chi connectivity index (χ3n) is 3.01. The minimum atomic E-state index is -0.347. The maximum atomic E-state index is 14.0. The maximum Gasteiger partial charge on any atom is 0.207 e. The summed E-state index contributed by atoms with van der Waals surface area (Å²) in [6.07, 6.45) is 0. The molecular formula is C14H13FN4. The predicted molar refractivity (Wildman–Crippen MR) is 72.7 cm³/mol. The normalized spacial score (nSPS) is 11.1. The van der Waals surface area contributed by atoms with Gasteiger partial charge in [0.05, 0.1) is 5.69 Å². The summed E-state index contributed by atoms with van der Waals surface area (Å²) in [4.78, 5) is 8.61. The minimum absolute atomic E-state index is 0.234. The molecule has 0 saturated carbocycles. The fourth-order valence-electron chi connectivity index (χ4n) is 2.10. The van der Waals surface area contributed by atoms with Crippen LogP contribution in [0, 0.1) is 19.7 Å². The topological polar surface area (TPSA) is 56.7 Å². The molecule has 0 radical (unpaired) electrons. The molecule has 19 heavy (non-hydrogen) atoms. The number of rotatable bonds is 1. The smallest absolute Gasteiger partial charge is 0.207 e. The molecule has 0 saturated heterocycles. The summed E-state index contributed by atoms with van der Waals surface area (Å²) in [5.74, 6) is -0.113. The zero-order chi connectivity index (χ0) is 13.6. The van der Waals surface area contributed by atoms with Gasteiger partial charge in [0, 0.05) is 5.69 Å². The average Bonchev–Trinajstić information content (AvgIpc) is 2.68. The van der Waals surface area contributed by atoms with Gasteiger partial charge < -0.3 is 5.73 Å². The second-order valence-corrected chi connectivity index (χ2v) is 4.56. The number of nitrogens with two attached hydrogens (primary N) is 1. The standard InChI is InChI=1S/C14H13FN4/c1-8-3-5-10(15)12(7-8)19-13-11(18-14(19)16)6-4-9(2)17-13/h3-7H,1-2H3,(H2,16,18). The van der Waals surface area contributed by atoms with E-state index in [1.165, 1.54) is 6.07 Å². The highest BCUT2D eigenvalue weighted by molar-refractivity contribution is 5.77. The van der Waals surface area contributed by atoms with Crippen LogP contribution in [0.25, 0.3) is 16.9 Å². The summed E-state index contributed by atoms with van der Waals surface area (Å²) in [7, 11) is 0. The van der Waals surface area contributed by atoms with E-state index >= 15 is 0 Å². The van der Waals surface area contributed by atoms with Crippen molar-refractivity contribution < 1.29 is 4.39 Å². The van der Waals surface area contributed by atoms with Gasteiger partial charge in [0.25, 0.3) is 0 Å². The Morgan fingerprint density at radius 3 is 2.68 bits per heavy atom. The number of aromatic nitrogens is 3. The van der Waals surface area contributed by atoms with Gasteiger partial charge in [-0.2, -0.15) is 0 Å². The largest absolute Gasteiger partial charge is 0.369 e.